The van der Waals surface area contributed by atoms with Gasteiger partial charge in [0, 0.05) is 5.56 Å². The molecule has 1 aliphatic rings. The number of hydrogen-bond donors (Lipinski definition) is 1. The van der Waals surface area contributed by atoms with E-state index < -0.39 is 12.0 Å². The van der Waals surface area contributed by atoms with Crippen LogP contribution in [0.5, 0.6) is 0 Å². The van der Waals surface area contributed by atoms with Gasteiger partial charge in [0.25, 0.3) is 0 Å². The molecule has 1 aliphatic heterocycles. The molecule has 2 rings (SSSR count). The first-order valence-corrected chi connectivity index (χ1v) is 6.77. The van der Waals surface area contributed by atoms with E-state index in [-0.39, 0.29) is 0 Å². The number of likely N-dealkylation sites (tertiary alicyclic amines) is 1. The minimum absolute atomic E-state index is 0.345. The number of benzene rings is 1. The summed E-state index contributed by atoms with van der Waals surface area (Å²) in [7, 11) is 0. The molecular formula is C13H15Cl2NO2. The van der Waals surface area contributed by atoms with E-state index >= 15 is 0 Å². The van der Waals surface area contributed by atoms with Gasteiger partial charge in [-0.05, 0) is 32.0 Å². The second kappa shape index (κ2) is 5.91. The molecule has 1 fully saturated rings. The molecule has 3 nitrogen and oxygen atoms in total. The minimum Gasteiger partial charge on any atom is -0.480 e. The maximum atomic E-state index is 11.5. The molecule has 0 amide bonds. The van der Waals surface area contributed by atoms with Crippen molar-refractivity contribution in [2.24, 2.45) is 0 Å². The third kappa shape index (κ3) is 2.79. The van der Waals surface area contributed by atoms with Gasteiger partial charge in [-0.2, -0.15) is 0 Å². The summed E-state index contributed by atoms with van der Waals surface area (Å²) in [5.74, 6) is -0.874. The lowest BCUT2D eigenvalue weighted by atomic mass is 10.0. The van der Waals surface area contributed by atoms with Crippen molar-refractivity contribution in [2.45, 2.75) is 25.3 Å². The first kappa shape index (κ1) is 13.7. The molecule has 0 aliphatic carbocycles. The minimum atomic E-state index is -0.874. The van der Waals surface area contributed by atoms with Gasteiger partial charge >= 0.3 is 5.97 Å². The number of carbonyl (C=O) groups is 1. The zero-order valence-corrected chi connectivity index (χ0v) is 11.4. The highest BCUT2D eigenvalue weighted by atomic mass is 35.5. The Bertz CT molecular complexity index is 445. The van der Waals surface area contributed by atoms with Gasteiger partial charge in [0.1, 0.15) is 6.04 Å². The summed E-state index contributed by atoms with van der Waals surface area (Å²) in [6.45, 7) is 1.58. The van der Waals surface area contributed by atoms with Gasteiger partial charge in [0.15, 0.2) is 0 Å². The Labute approximate surface area is 116 Å². The van der Waals surface area contributed by atoms with Crippen LogP contribution in [-0.2, 0) is 4.79 Å². The second-order valence-corrected chi connectivity index (χ2v) is 5.27. The third-order valence-corrected chi connectivity index (χ3v) is 4.10. The van der Waals surface area contributed by atoms with Crippen LogP contribution in [0, 0.1) is 0 Å². The van der Waals surface area contributed by atoms with Crippen molar-refractivity contribution in [3.8, 4) is 0 Å². The summed E-state index contributed by atoms with van der Waals surface area (Å²) in [5.41, 5.74) is 0.582. The molecule has 0 bridgehead atoms. The Morgan fingerprint density at radius 2 is 1.89 bits per heavy atom. The van der Waals surface area contributed by atoms with Crippen LogP contribution in [0.1, 0.15) is 30.9 Å². The maximum absolute atomic E-state index is 11.5. The summed E-state index contributed by atoms with van der Waals surface area (Å²) in [6, 6.07) is 4.45. The van der Waals surface area contributed by atoms with Gasteiger partial charge < -0.3 is 5.11 Å². The van der Waals surface area contributed by atoms with Crippen molar-refractivity contribution in [1.29, 1.82) is 0 Å². The number of carboxylic acids is 1. The fourth-order valence-corrected chi connectivity index (χ4v) is 2.81. The van der Waals surface area contributed by atoms with Crippen LogP contribution in [0.2, 0.25) is 10.0 Å². The normalized spacial score (nSPS) is 18.6. The Kier molecular flexibility index (Phi) is 4.49. The van der Waals surface area contributed by atoms with E-state index in [0.717, 1.165) is 32.4 Å². The highest BCUT2D eigenvalue weighted by Crippen LogP contribution is 2.34. The molecule has 0 radical (unpaired) electrons. The molecule has 0 unspecified atom stereocenters. The molecule has 1 atom stereocenters. The number of rotatable bonds is 3. The number of piperidine rings is 1. The van der Waals surface area contributed by atoms with Crippen molar-refractivity contribution in [1.82, 2.24) is 4.90 Å². The molecular weight excluding hydrogens is 273 g/mol. The van der Waals surface area contributed by atoms with Gasteiger partial charge in [-0.25, -0.2) is 0 Å². The second-order valence-electron chi connectivity index (χ2n) is 4.48. The zero-order valence-electron chi connectivity index (χ0n) is 9.90. The Balaban J connectivity index is 2.34. The Morgan fingerprint density at radius 1 is 1.22 bits per heavy atom. The predicted octanol–water partition coefficient (Wildman–Crippen LogP) is 3.61. The average molecular weight is 288 g/mol. The first-order valence-electron chi connectivity index (χ1n) is 6.02. The lowest BCUT2D eigenvalue weighted by molar-refractivity contribution is -0.144. The molecule has 98 valence electrons. The van der Waals surface area contributed by atoms with Crippen LogP contribution in [0.25, 0.3) is 0 Å². The molecule has 0 aromatic heterocycles. The first-order chi connectivity index (χ1) is 8.61. The molecule has 0 saturated carbocycles. The summed E-state index contributed by atoms with van der Waals surface area (Å²) < 4.78 is 0. The summed E-state index contributed by atoms with van der Waals surface area (Å²) in [6.07, 6.45) is 3.22. The van der Waals surface area contributed by atoms with Crippen LogP contribution in [0.3, 0.4) is 0 Å². The van der Waals surface area contributed by atoms with E-state index in [0.29, 0.717) is 15.6 Å². The van der Waals surface area contributed by atoms with Crippen molar-refractivity contribution < 1.29 is 9.90 Å². The van der Waals surface area contributed by atoms with Crippen LogP contribution >= 0.6 is 23.2 Å². The number of hydrogen-bond acceptors (Lipinski definition) is 2. The summed E-state index contributed by atoms with van der Waals surface area (Å²) in [4.78, 5) is 13.5. The average Bonchev–Trinajstić information content (AvgIpc) is 2.36. The smallest absolute Gasteiger partial charge is 0.325 e. The fraction of sp³-hybridized carbons (Fsp3) is 0.462. The highest BCUT2D eigenvalue weighted by molar-refractivity contribution is 6.42. The molecule has 1 aromatic rings. The van der Waals surface area contributed by atoms with Crippen LogP contribution in [0.4, 0.5) is 0 Å². The quantitative estimate of drug-likeness (QED) is 0.923. The number of nitrogens with zero attached hydrogens (tertiary/aromatic N) is 1. The molecule has 1 heterocycles. The van der Waals surface area contributed by atoms with Crippen molar-refractivity contribution in [3.63, 3.8) is 0 Å². The molecule has 1 aromatic carbocycles. The topological polar surface area (TPSA) is 40.5 Å². The van der Waals surface area contributed by atoms with Gasteiger partial charge in [0.2, 0.25) is 0 Å². The molecule has 1 saturated heterocycles. The number of aliphatic carboxylic acids is 1. The van der Waals surface area contributed by atoms with Gasteiger partial charge in [-0.1, -0.05) is 41.8 Å². The zero-order chi connectivity index (χ0) is 13.1. The highest BCUT2D eigenvalue weighted by Gasteiger charge is 2.30. The van der Waals surface area contributed by atoms with E-state index in [1.165, 1.54) is 0 Å². The van der Waals surface area contributed by atoms with Crippen molar-refractivity contribution in [2.75, 3.05) is 13.1 Å². The van der Waals surface area contributed by atoms with Gasteiger partial charge in [-0.3, -0.25) is 9.69 Å². The fourth-order valence-electron chi connectivity index (χ4n) is 2.39. The Hall–Kier alpha value is -0.770. The standard InChI is InChI=1S/C13H15Cl2NO2/c14-10-6-4-5-9(11(10)15)12(13(17)18)16-7-2-1-3-8-16/h4-6,12H,1-3,7-8H2,(H,17,18)/t12-/m0/s1. The van der Waals surface area contributed by atoms with E-state index in [2.05, 4.69) is 0 Å². The van der Waals surface area contributed by atoms with Crippen molar-refractivity contribution >= 4 is 29.2 Å². The molecule has 18 heavy (non-hydrogen) atoms. The van der Waals surface area contributed by atoms with Crippen LogP contribution in [0.15, 0.2) is 18.2 Å². The largest absolute Gasteiger partial charge is 0.480 e. The van der Waals surface area contributed by atoms with E-state index in [1.807, 2.05) is 4.90 Å². The number of halogens is 2. The maximum Gasteiger partial charge on any atom is 0.325 e. The number of carboxylic acid groups (broad SMARTS) is 1. The SMILES string of the molecule is O=C(O)[C@H](c1cccc(Cl)c1Cl)N1CCCCC1. The van der Waals surface area contributed by atoms with Gasteiger partial charge in [0.05, 0.1) is 10.0 Å². The lowest BCUT2D eigenvalue weighted by Gasteiger charge is -2.32. The molecule has 5 heteroatoms. The van der Waals surface area contributed by atoms with Gasteiger partial charge in [-0.15, -0.1) is 0 Å². The van der Waals surface area contributed by atoms with E-state index in [9.17, 15) is 9.90 Å². The molecule has 1 N–H and O–H groups in total. The molecule has 0 spiro atoms. The van der Waals surface area contributed by atoms with Crippen LogP contribution in [-0.4, -0.2) is 29.1 Å². The monoisotopic (exact) mass is 287 g/mol. The Morgan fingerprint density at radius 3 is 2.50 bits per heavy atom. The van der Waals surface area contributed by atoms with Crippen molar-refractivity contribution in [3.05, 3.63) is 33.8 Å². The van der Waals surface area contributed by atoms with Crippen LogP contribution < -0.4 is 0 Å². The predicted molar refractivity (Wildman–Crippen MR) is 72.3 cm³/mol. The lowest BCUT2D eigenvalue weighted by Crippen LogP contribution is -2.38. The van der Waals surface area contributed by atoms with E-state index in [1.54, 1.807) is 18.2 Å². The summed E-state index contributed by atoms with van der Waals surface area (Å²) in [5, 5.41) is 10.2. The summed E-state index contributed by atoms with van der Waals surface area (Å²) >= 11 is 12.1. The van der Waals surface area contributed by atoms with E-state index in [4.69, 9.17) is 23.2 Å². The third-order valence-electron chi connectivity index (χ3n) is 3.27.